The average Bonchev–Trinajstić information content (AvgIpc) is 2.56. The first kappa shape index (κ1) is 17.7. The third-order valence-corrected chi connectivity index (χ3v) is 5.37. The van der Waals surface area contributed by atoms with Gasteiger partial charge in [0.25, 0.3) is 0 Å². The number of nitrogens with zero attached hydrogens (tertiary/aromatic N) is 2. The highest BCUT2D eigenvalue weighted by Crippen LogP contribution is 2.39. The molecule has 0 spiro atoms. The molecule has 1 aliphatic rings. The lowest BCUT2D eigenvalue weighted by Gasteiger charge is -2.26. The Kier molecular flexibility index (Phi) is 6.39. The Bertz CT molecular complexity index is 679. The fourth-order valence-electron chi connectivity index (χ4n) is 2.46. The number of pyridine rings is 1. The topological polar surface area (TPSA) is 84.0 Å². The van der Waals surface area contributed by atoms with Crippen molar-refractivity contribution in [1.82, 2.24) is 10.4 Å². The molecule has 0 saturated heterocycles. The number of nitriles is 1. The quantitative estimate of drug-likeness (QED) is 0.249. The van der Waals surface area contributed by atoms with Gasteiger partial charge in [0.15, 0.2) is 0 Å². The molecule has 1 aliphatic carbocycles. The molecule has 0 bridgehead atoms. The van der Waals surface area contributed by atoms with Crippen molar-refractivity contribution >= 4 is 24.4 Å². The van der Waals surface area contributed by atoms with E-state index in [9.17, 15) is 5.26 Å². The van der Waals surface area contributed by atoms with Crippen LogP contribution in [0.3, 0.4) is 0 Å². The number of rotatable bonds is 5. The summed E-state index contributed by atoms with van der Waals surface area (Å²) in [5, 5.41) is 9.48. The predicted octanol–water partition coefficient (Wildman–Crippen LogP) is 3.27. The van der Waals surface area contributed by atoms with Crippen LogP contribution in [0.25, 0.3) is 0 Å². The van der Waals surface area contributed by atoms with Crippen LogP contribution in [0.2, 0.25) is 0 Å². The molecule has 122 valence electrons. The van der Waals surface area contributed by atoms with Gasteiger partial charge in [-0.1, -0.05) is 18.7 Å². The van der Waals surface area contributed by atoms with Crippen LogP contribution in [0.1, 0.15) is 25.5 Å². The molecule has 23 heavy (non-hydrogen) atoms. The zero-order chi connectivity index (χ0) is 16.8. The lowest BCUT2D eigenvalue weighted by Crippen LogP contribution is -2.26. The first-order valence-corrected chi connectivity index (χ1v) is 8.70. The van der Waals surface area contributed by atoms with Crippen molar-refractivity contribution in [2.75, 3.05) is 5.94 Å². The fourth-order valence-corrected chi connectivity index (χ4v) is 3.62. The number of thiol groups is 1. The van der Waals surface area contributed by atoms with Crippen LogP contribution in [0, 0.1) is 24.2 Å². The Hall–Kier alpha value is -1.62. The van der Waals surface area contributed by atoms with Gasteiger partial charge in [-0.3, -0.25) is 10.8 Å². The monoisotopic (exact) mass is 348 g/mol. The highest BCUT2D eigenvalue weighted by molar-refractivity contribution is 8.03. The molecule has 0 saturated carbocycles. The van der Waals surface area contributed by atoms with Crippen LogP contribution in [-0.4, -0.2) is 10.9 Å². The maximum absolute atomic E-state index is 9.48. The van der Waals surface area contributed by atoms with E-state index in [1.807, 2.05) is 26.0 Å². The largest absolute Gasteiger partial charge is 0.481 e. The van der Waals surface area contributed by atoms with Crippen LogP contribution < -0.4 is 16.0 Å². The molecule has 0 aromatic carbocycles. The smallest absolute Gasteiger partial charge is 0.141 e. The van der Waals surface area contributed by atoms with Crippen LogP contribution >= 0.6 is 24.4 Å². The molecule has 1 aromatic rings. The van der Waals surface area contributed by atoms with Crippen LogP contribution in [0.15, 0.2) is 39.4 Å². The zero-order valence-electron chi connectivity index (χ0n) is 13.2. The summed E-state index contributed by atoms with van der Waals surface area (Å²) in [5.74, 6) is 6.70. The highest BCUT2D eigenvalue weighted by atomic mass is 32.2. The fraction of sp³-hybridized carbons (Fsp3) is 0.375. The SMILES string of the molecule is Cc1ncccc1OCS/C(C#N)=C1/CCC(NN)=C(S)C1C. The van der Waals surface area contributed by atoms with Crippen molar-refractivity contribution in [3.63, 3.8) is 0 Å². The zero-order valence-corrected chi connectivity index (χ0v) is 14.9. The van der Waals surface area contributed by atoms with E-state index in [-0.39, 0.29) is 5.92 Å². The van der Waals surface area contributed by atoms with E-state index in [2.05, 4.69) is 29.1 Å². The Morgan fingerprint density at radius 3 is 3.04 bits per heavy atom. The molecule has 1 atom stereocenters. The Morgan fingerprint density at radius 1 is 1.61 bits per heavy atom. The van der Waals surface area contributed by atoms with E-state index >= 15 is 0 Å². The Balaban J connectivity index is 2.07. The second-order valence-corrected chi connectivity index (χ2v) is 6.60. The van der Waals surface area contributed by atoms with E-state index in [1.165, 1.54) is 11.8 Å². The lowest BCUT2D eigenvalue weighted by atomic mass is 9.89. The maximum Gasteiger partial charge on any atom is 0.141 e. The van der Waals surface area contributed by atoms with Crippen molar-refractivity contribution in [3.05, 3.63) is 45.1 Å². The second-order valence-electron chi connectivity index (χ2n) is 5.19. The molecule has 2 rings (SSSR count). The standard InChI is InChI=1S/C16H20N4OS2/c1-10-12(5-6-13(20-18)16(10)22)15(8-17)23-9-21-14-4-3-7-19-11(14)2/h3-4,7,10,20,22H,5-6,9,18H2,1-2H3/b15-12-. The molecule has 0 radical (unpaired) electrons. The summed E-state index contributed by atoms with van der Waals surface area (Å²) >= 11 is 5.94. The number of allylic oxidation sites excluding steroid dienone is 4. The van der Waals surface area contributed by atoms with Gasteiger partial charge in [-0.15, -0.1) is 12.6 Å². The molecule has 5 nitrogen and oxygen atoms in total. The van der Waals surface area contributed by atoms with Crippen LogP contribution in [-0.2, 0) is 0 Å². The molecule has 0 fully saturated rings. The first-order chi connectivity index (χ1) is 11.1. The van der Waals surface area contributed by atoms with Gasteiger partial charge in [0, 0.05) is 22.7 Å². The number of nitrogens with one attached hydrogen (secondary N) is 1. The minimum absolute atomic E-state index is 0.0837. The Morgan fingerprint density at radius 2 is 2.39 bits per heavy atom. The van der Waals surface area contributed by atoms with Crippen LogP contribution in [0.5, 0.6) is 5.75 Å². The maximum atomic E-state index is 9.48. The summed E-state index contributed by atoms with van der Waals surface area (Å²) in [6.07, 6.45) is 3.29. The van der Waals surface area contributed by atoms with E-state index in [1.54, 1.807) is 6.20 Å². The summed E-state index contributed by atoms with van der Waals surface area (Å²) in [4.78, 5) is 5.77. The van der Waals surface area contributed by atoms with Crippen LogP contribution in [0.4, 0.5) is 0 Å². The molecule has 7 heteroatoms. The number of aromatic nitrogens is 1. The summed E-state index contributed by atoms with van der Waals surface area (Å²) in [5.41, 5.74) is 5.56. The molecular weight excluding hydrogens is 328 g/mol. The van der Waals surface area contributed by atoms with Gasteiger partial charge in [-0.2, -0.15) is 5.26 Å². The second kappa shape index (κ2) is 8.29. The molecule has 1 aromatic heterocycles. The van der Waals surface area contributed by atoms with E-state index in [4.69, 9.17) is 10.6 Å². The van der Waals surface area contributed by atoms with Gasteiger partial charge >= 0.3 is 0 Å². The molecule has 3 N–H and O–H groups in total. The summed E-state index contributed by atoms with van der Waals surface area (Å²) < 4.78 is 5.72. The molecule has 0 aliphatic heterocycles. The van der Waals surface area contributed by atoms with Crippen molar-refractivity contribution < 1.29 is 4.74 Å². The third kappa shape index (κ3) is 4.22. The average molecular weight is 348 g/mol. The summed E-state index contributed by atoms with van der Waals surface area (Å²) in [7, 11) is 0. The van der Waals surface area contributed by atoms with Crippen molar-refractivity contribution in [3.8, 4) is 11.8 Å². The van der Waals surface area contributed by atoms with Crippen molar-refractivity contribution in [1.29, 1.82) is 5.26 Å². The number of ether oxygens (including phenoxy) is 1. The van der Waals surface area contributed by atoms with Crippen molar-refractivity contribution in [2.24, 2.45) is 11.8 Å². The number of hydrogen-bond acceptors (Lipinski definition) is 7. The van der Waals surface area contributed by atoms with Gasteiger partial charge in [0.1, 0.15) is 17.8 Å². The van der Waals surface area contributed by atoms with Gasteiger partial charge in [0.05, 0.1) is 10.6 Å². The predicted molar refractivity (Wildman–Crippen MR) is 96.4 cm³/mol. The minimum atomic E-state index is 0.0837. The van der Waals surface area contributed by atoms with Crippen molar-refractivity contribution in [2.45, 2.75) is 26.7 Å². The Labute approximate surface area is 146 Å². The van der Waals surface area contributed by atoms with Gasteiger partial charge in [-0.25, -0.2) is 0 Å². The lowest BCUT2D eigenvalue weighted by molar-refractivity contribution is 0.388. The van der Waals surface area contributed by atoms with E-state index in [0.29, 0.717) is 10.8 Å². The third-order valence-electron chi connectivity index (χ3n) is 3.83. The number of nitrogens with two attached hydrogens (primary N) is 1. The number of thioether (sulfide) groups is 1. The first-order valence-electron chi connectivity index (χ1n) is 7.27. The number of aryl methyl sites for hydroxylation is 1. The molecule has 1 unspecified atom stereocenters. The van der Waals surface area contributed by atoms with E-state index < -0.39 is 0 Å². The minimum Gasteiger partial charge on any atom is -0.481 e. The summed E-state index contributed by atoms with van der Waals surface area (Å²) in [6.45, 7) is 3.93. The normalized spacial score (nSPS) is 20.0. The van der Waals surface area contributed by atoms with Gasteiger partial charge < -0.3 is 10.2 Å². The highest BCUT2D eigenvalue weighted by Gasteiger charge is 2.24. The molecule has 1 heterocycles. The van der Waals surface area contributed by atoms with Gasteiger partial charge in [-0.05, 0) is 37.5 Å². The molecule has 0 amide bonds. The number of hydrazine groups is 1. The number of hydrogen-bond donors (Lipinski definition) is 3. The molecular formula is C16H20N4OS2. The van der Waals surface area contributed by atoms with E-state index in [0.717, 1.165) is 40.5 Å². The summed E-state index contributed by atoms with van der Waals surface area (Å²) in [6, 6.07) is 6.00. The van der Waals surface area contributed by atoms with Gasteiger partial charge in [0.2, 0.25) is 0 Å².